The van der Waals surface area contributed by atoms with Crippen molar-refractivity contribution in [1.82, 2.24) is 19.4 Å². The van der Waals surface area contributed by atoms with Gasteiger partial charge in [-0.25, -0.2) is 13.1 Å². The summed E-state index contributed by atoms with van der Waals surface area (Å²) in [5.74, 6) is -0.144. The lowest BCUT2D eigenvalue weighted by Gasteiger charge is -2.30. The van der Waals surface area contributed by atoms with E-state index in [-0.39, 0.29) is 11.8 Å². The molecule has 0 saturated carbocycles. The van der Waals surface area contributed by atoms with Crippen molar-refractivity contribution in [3.05, 3.63) is 78.6 Å². The molecule has 1 saturated heterocycles. The standard InChI is InChI=1S/C23H26N4O3S/c28-23(24-15-11-19-7-9-21(10-8-19)27-16-4-14-25-27)20-12-17-26(18-13-20)31(29,30)22-5-2-1-3-6-22/h1-10,14,16,20H,11-13,15,17-18H2,(H,24,28). The van der Waals surface area contributed by atoms with E-state index in [0.29, 0.717) is 37.4 Å². The van der Waals surface area contributed by atoms with Crippen LogP contribution in [-0.4, -0.2) is 48.0 Å². The number of aromatic nitrogens is 2. The number of nitrogens with zero attached hydrogens (tertiary/aromatic N) is 3. The van der Waals surface area contributed by atoms with Gasteiger partial charge in [0, 0.05) is 37.9 Å². The number of piperidine rings is 1. The van der Waals surface area contributed by atoms with E-state index < -0.39 is 10.0 Å². The third kappa shape index (κ3) is 5.03. The van der Waals surface area contributed by atoms with E-state index in [9.17, 15) is 13.2 Å². The molecule has 3 aromatic rings. The molecule has 1 amide bonds. The zero-order chi connectivity index (χ0) is 21.7. The molecule has 4 rings (SSSR count). The second kappa shape index (κ2) is 9.45. The van der Waals surface area contributed by atoms with Gasteiger partial charge in [0.15, 0.2) is 0 Å². The summed E-state index contributed by atoms with van der Waals surface area (Å²) in [5, 5.41) is 7.21. The molecule has 2 aromatic carbocycles. The van der Waals surface area contributed by atoms with E-state index >= 15 is 0 Å². The Morgan fingerprint density at radius 2 is 1.71 bits per heavy atom. The highest BCUT2D eigenvalue weighted by Gasteiger charge is 2.31. The van der Waals surface area contributed by atoms with E-state index in [1.165, 1.54) is 4.31 Å². The van der Waals surface area contributed by atoms with Crippen LogP contribution in [0.4, 0.5) is 0 Å². The first kappa shape index (κ1) is 21.3. The molecule has 0 aliphatic carbocycles. The largest absolute Gasteiger partial charge is 0.356 e. The highest BCUT2D eigenvalue weighted by Crippen LogP contribution is 2.23. The van der Waals surface area contributed by atoms with Crippen molar-refractivity contribution in [2.24, 2.45) is 5.92 Å². The van der Waals surface area contributed by atoms with E-state index in [2.05, 4.69) is 10.4 Å². The molecule has 1 aliphatic heterocycles. The van der Waals surface area contributed by atoms with Gasteiger partial charge in [-0.15, -0.1) is 0 Å². The number of rotatable bonds is 7. The average molecular weight is 439 g/mol. The Bertz CT molecular complexity index is 1090. The molecule has 0 radical (unpaired) electrons. The number of hydrogen-bond donors (Lipinski definition) is 1. The Morgan fingerprint density at radius 3 is 2.35 bits per heavy atom. The molecule has 162 valence electrons. The van der Waals surface area contributed by atoms with Gasteiger partial charge < -0.3 is 5.32 Å². The number of nitrogens with one attached hydrogen (secondary N) is 1. The van der Waals surface area contributed by atoms with Crippen molar-refractivity contribution in [2.75, 3.05) is 19.6 Å². The van der Waals surface area contributed by atoms with Gasteiger partial charge in [-0.2, -0.15) is 9.40 Å². The van der Waals surface area contributed by atoms with Crippen LogP contribution < -0.4 is 5.32 Å². The average Bonchev–Trinajstić information content (AvgIpc) is 3.35. The van der Waals surface area contributed by atoms with Gasteiger partial charge in [-0.1, -0.05) is 30.3 Å². The predicted molar refractivity (Wildman–Crippen MR) is 118 cm³/mol. The lowest BCUT2D eigenvalue weighted by molar-refractivity contribution is -0.126. The Morgan fingerprint density at radius 1 is 1.00 bits per heavy atom. The SMILES string of the molecule is O=C(NCCc1ccc(-n2cccn2)cc1)C1CCN(S(=O)(=O)c2ccccc2)CC1. The van der Waals surface area contributed by atoms with Crippen molar-refractivity contribution in [1.29, 1.82) is 0 Å². The summed E-state index contributed by atoms with van der Waals surface area (Å²) < 4.78 is 28.7. The maximum absolute atomic E-state index is 12.7. The van der Waals surface area contributed by atoms with Crippen molar-refractivity contribution < 1.29 is 13.2 Å². The normalized spacial score (nSPS) is 15.6. The van der Waals surface area contributed by atoms with Gasteiger partial charge in [0.1, 0.15) is 0 Å². The molecule has 0 atom stereocenters. The van der Waals surface area contributed by atoms with Gasteiger partial charge in [-0.05, 0) is 55.2 Å². The third-order valence-electron chi connectivity index (χ3n) is 5.62. The van der Waals surface area contributed by atoms with Crippen LogP contribution in [0.25, 0.3) is 5.69 Å². The van der Waals surface area contributed by atoms with Crippen LogP contribution in [0, 0.1) is 5.92 Å². The van der Waals surface area contributed by atoms with Crippen LogP contribution in [0.15, 0.2) is 78.0 Å². The maximum Gasteiger partial charge on any atom is 0.243 e. The molecule has 0 bridgehead atoms. The summed E-state index contributed by atoms with van der Waals surface area (Å²) in [4.78, 5) is 12.8. The summed E-state index contributed by atoms with van der Waals surface area (Å²) >= 11 is 0. The monoisotopic (exact) mass is 438 g/mol. The lowest BCUT2D eigenvalue weighted by atomic mass is 9.97. The maximum atomic E-state index is 12.7. The minimum Gasteiger partial charge on any atom is -0.356 e. The number of hydrogen-bond acceptors (Lipinski definition) is 4. The summed E-state index contributed by atoms with van der Waals surface area (Å²) in [6.07, 6.45) is 5.45. The quantitative estimate of drug-likeness (QED) is 0.615. The molecule has 1 fully saturated rings. The van der Waals surface area contributed by atoms with Crippen LogP contribution in [-0.2, 0) is 21.2 Å². The highest BCUT2D eigenvalue weighted by molar-refractivity contribution is 7.89. The van der Waals surface area contributed by atoms with Crippen molar-refractivity contribution in [3.63, 3.8) is 0 Å². The van der Waals surface area contributed by atoms with Gasteiger partial charge in [0.2, 0.25) is 15.9 Å². The first-order valence-electron chi connectivity index (χ1n) is 10.5. The smallest absolute Gasteiger partial charge is 0.243 e. The molecule has 1 N–H and O–H groups in total. The molecule has 0 unspecified atom stereocenters. The summed E-state index contributed by atoms with van der Waals surface area (Å²) in [6.45, 7) is 1.29. The molecule has 1 aromatic heterocycles. The van der Waals surface area contributed by atoms with E-state index in [0.717, 1.165) is 17.7 Å². The zero-order valence-electron chi connectivity index (χ0n) is 17.2. The van der Waals surface area contributed by atoms with E-state index in [4.69, 9.17) is 0 Å². The Balaban J connectivity index is 1.23. The second-order valence-electron chi connectivity index (χ2n) is 7.65. The molecule has 8 heteroatoms. The minimum absolute atomic E-state index is 0.00456. The van der Waals surface area contributed by atoms with E-state index in [1.54, 1.807) is 41.2 Å². The highest BCUT2D eigenvalue weighted by atomic mass is 32.2. The third-order valence-corrected chi connectivity index (χ3v) is 7.54. The van der Waals surface area contributed by atoms with Crippen LogP contribution in [0.2, 0.25) is 0 Å². The first-order valence-corrected chi connectivity index (χ1v) is 11.9. The van der Waals surface area contributed by atoms with Crippen LogP contribution in [0.1, 0.15) is 18.4 Å². The lowest BCUT2D eigenvalue weighted by Crippen LogP contribution is -2.43. The fourth-order valence-electron chi connectivity index (χ4n) is 3.81. The molecule has 31 heavy (non-hydrogen) atoms. The number of benzene rings is 2. The molecule has 2 heterocycles. The van der Waals surface area contributed by atoms with Gasteiger partial charge >= 0.3 is 0 Å². The number of amides is 1. The second-order valence-corrected chi connectivity index (χ2v) is 9.59. The van der Waals surface area contributed by atoms with E-state index in [1.807, 2.05) is 36.5 Å². The van der Waals surface area contributed by atoms with Crippen molar-refractivity contribution in [3.8, 4) is 5.69 Å². The predicted octanol–water partition coefficient (Wildman–Crippen LogP) is 2.63. The summed E-state index contributed by atoms with van der Waals surface area (Å²) in [7, 11) is -3.49. The van der Waals surface area contributed by atoms with Crippen LogP contribution in [0.3, 0.4) is 0 Å². The summed E-state index contributed by atoms with van der Waals surface area (Å²) in [5.41, 5.74) is 2.13. The summed E-state index contributed by atoms with van der Waals surface area (Å²) in [6, 6.07) is 18.4. The molecular formula is C23H26N4O3S. The van der Waals surface area contributed by atoms with Gasteiger partial charge in [-0.3, -0.25) is 4.79 Å². The van der Waals surface area contributed by atoms with Gasteiger partial charge in [0.05, 0.1) is 10.6 Å². The van der Waals surface area contributed by atoms with Crippen LogP contribution in [0.5, 0.6) is 0 Å². The molecular weight excluding hydrogens is 412 g/mol. The van der Waals surface area contributed by atoms with Gasteiger partial charge in [0.25, 0.3) is 0 Å². The Labute approximate surface area is 182 Å². The number of sulfonamides is 1. The minimum atomic E-state index is -3.49. The number of carbonyl (C=O) groups excluding carboxylic acids is 1. The topological polar surface area (TPSA) is 84.3 Å². The fraction of sp³-hybridized carbons (Fsp3) is 0.304. The first-order chi connectivity index (χ1) is 15.0. The van der Waals surface area contributed by atoms with Crippen LogP contribution >= 0.6 is 0 Å². The van der Waals surface area contributed by atoms with Crippen molar-refractivity contribution >= 4 is 15.9 Å². The Kier molecular flexibility index (Phi) is 6.48. The Hall–Kier alpha value is -2.97. The number of carbonyl (C=O) groups is 1. The molecule has 7 nitrogen and oxygen atoms in total. The fourth-order valence-corrected chi connectivity index (χ4v) is 5.30. The van der Waals surface area contributed by atoms with Crippen molar-refractivity contribution in [2.45, 2.75) is 24.2 Å². The molecule has 1 aliphatic rings. The molecule has 0 spiro atoms. The zero-order valence-corrected chi connectivity index (χ0v) is 18.0.